The second-order valence-corrected chi connectivity index (χ2v) is 8.52. The van der Waals surface area contributed by atoms with E-state index in [1.54, 1.807) is 19.2 Å². The molecular formula is C20H24N2O4S. The van der Waals surface area contributed by atoms with Crippen molar-refractivity contribution in [3.05, 3.63) is 65.2 Å². The molecule has 2 aromatic rings. The first-order valence-electron chi connectivity index (χ1n) is 8.92. The van der Waals surface area contributed by atoms with Crippen molar-refractivity contribution in [3.63, 3.8) is 0 Å². The highest BCUT2D eigenvalue weighted by Crippen LogP contribution is 2.28. The summed E-state index contributed by atoms with van der Waals surface area (Å²) in [5.41, 5.74) is 2.34. The molecule has 27 heavy (non-hydrogen) atoms. The van der Waals surface area contributed by atoms with Gasteiger partial charge in [-0.3, -0.25) is 4.79 Å². The van der Waals surface area contributed by atoms with Gasteiger partial charge in [0.25, 0.3) is 5.91 Å². The molecule has 0 aromatic heterocycles. The number of amides is 1. The van der Waals surface area contributed by atoms with E-state index in [2.05, 4.69) is 10.0 Å². The highest BCUT2D eigenvalue weighted by Gasteiger charge is 2.24. The third-order valence-corrected chi connectivity index (χ3v) is 5.87. The Morgan fingerprint density at radius 1 is 1.11 bits per heavy atom. The first kappa shape index (κ1) is 19.5. The molecule has 0 bridgehead atoms. The van der Waals surface area contributed by atoms with Crippen LogP contribution in [-0.4, -0.2) is 28.0 Å². The maximum atomic E-state index is 12.4. The molecule has 7 heteroatoms. The van der Waals surface area contributed by atoms with Crippen molar-refractivity contribution >= 4 is 15.9 Å². The smallest absolute Gasteiger partial charge is 0.251 e. The Hall–Kier alpha value is -2.22. The lowest BCUT2D eigenvalue weighted by Crippen LogP contribution is -2.27. The second kappa shape index (κ2) is 8.65. The molecule has 1 fully saturated rings. The van der Waals surface area contributed by atoms with E-state index in [9.17, 15) is 13.2 Å². The molecule has 0 atom stereocenters. The third-order valence-electron chi connectivity index (χ3n) is 4.45. The second-order valence-electron chi connectivity index (χ2n) is 6.76. The minimum absolute atomic E-state index is 0.111. The van der Waals surface area contributed by atoms with Crippen molar-refractivity contribution in [1.29, 1.82) is 0 Å². The van der Waals surface area contributed by atoms with Crippen molar-refractivity contribution in [1.82, 2.24) is 10.0 Å². The van der Waals surface area contributed by atoms with Gasteiger partial charge in [-0.15, -0.1) is 0 Å². The van der Waals surface area contributed by atoms with Crippen LogP contribution in [0, 0.1) is 5.92 Å². The summed E-state index contributed by atoms with van der Waals surface area (Å²) >= 11 is 0. The normalized spacial score (nSPS) is 14.1. The molecule has 0 saturated heterocycles. The lowest BCUT2D eigenvalue weighted by molar-refractivity contribution is 0.0950. The van der Waals surface area contributed by atoms with Crippen LogP contribution in [0.15, 0.2) is 53.4 Å². The molecule has 0 heterocycles. The minimum Gasteiger partial charge on any atom is -0.380 e. The third kappa shape index (κ3) is 5.63. The Bertz CT molecular complexity index is 890. The zero-order valence-corrected chi connectivity index (χ0v) is 16.1. The quantitative estimate of drug-likeness (QED) is 0.691. The molecule has 0 unspecified atom stereocenters. The van der Waals surface area contributed by atoms with Crippen LogP contribution in [0.2, 0.25) is 0 Å². The van der Waals surface area contributed by atoms with Gasteiger partial charge < -0.3 is 10.1 Å². The van der Waals surface area contributed by atoms with Gasteiger partial charge >= 0.3 is 0 Å². The lowest BCUT2D eigenvalue weighted by atomic mass is 10.1. The van der Waals surface area contributed by atoms with Gasteiger partial charge in [-0.25, -0.2) is 13.1 Å². The van der Waals surface area contributed by atoms with Crippen LogP contribution in [0.1, 0.15) is 34.3 Å². The van der Waals surface area contributed by atoms with E-state index in [0.717, 1.165) is 24.0 Å². The van der Waals surface area contributed by atoms with Crippen LogP contribution in [-0.2, 0) is 27.9 Å². The maximum Gasteiger partial charge on any atom is 0.251 e. The summed E-state index contributed by atoms with van der Waals surface area (Å²) in [5.74, 6) is 0.136. The molecular weight excluding hydrogens is 364 g/mol. The molecule has 3 rings (SSSR count). The van der Waals surface area contributed by atoms with Crippen molar-refractivity contribution < 1.29 is 17.9 Å². The molecule has 0 spiro atoms. The standard InChI is InChI=1S/C20H24N2O4S/c1-26-14-17-9-7-15(8-10-17)12-21-20(23)18-3-2-4-19(11-18)27(24,25)22-13-16-5-6-16/h2-4,7-11,16,22H,5-6,12-14H2,1H3,(H,21,23). The zero-order valence-electron chi connectivity index (χ0n) is 15.3. The number of carbonyl (C=O) groups excluding carboxylic acids is 1. The summed E-state index contributed by atoms with van der Waals surface area (Å²) < 4.78 is 32.4. The van der Waals surface area contributed by atoms with Crippen molar-refractivity contribution in [3.8, 4) is 0 Å². The zero-order chi connectivity index (χ0) is 19.3. The SMILES string of the molecule is COCc1ccc(CNC(=O)c2cccc(S(=O)(=O)NCC3CC3)c2)cc1. The van der Waals surface area contributed by atoms with Crippen molar-refractivity contribution in [2.45, 2.75) is 30.9 Å². The number of hydrogen-bond acceptors (Lipinski definition) is 4. The average molecular weight is 388 g/mol. The van der Waals surface area contributed by atoms with Gasteiger partial charge in [0.05, 0.1) is 11.5 Å². The molecule has 6 nitrogen and oxygen atoms in total. The van der Waals surface area contributed by atoms with E-state index in [1.807, 2.05) is 24.3 Å². The number of nitrogens with one attached hydrogen (secondary N) is 2. The maximum absolute atomic E-state index is 12.4. The number of rotatable bonds is 9. The number of hydrogen-bond donors (Lipinski definition) is 2. The number of sulfonamides is 1. The van der Waals surface area contributed by atoms with Gasteiger partial charge in [0, 0.05) is 25.8 Å². The molecule has 1 saturated carbocycles. The van der Waals surface area contributed by atoms with E-state index in [1.165, 1.54) is 12.1 Å². The average Bonchev–Trinajstić information content (AvgIpc) is 3.51. The molecule has 1 amide bonds. The van der Waals surface area contributed by atoms with Gasteiger partial charge in [0.1, 0.15) is 0 Å². The van der Waals surface area contributed by atoms with E-state index in [-0.39, 0.29) is 10.8 Å². The van der Waals surface area contributed by atoms with Gasteiger partial charge in [-0.05, 0) is 48.1 Å². The fourth-order valence-electron chi connectivity index (χ4n) is 2.64. The Morgan fingerprint density at radius 2 is 1.81 bits per heavy atom. The Kier molecular flexibility index (Phi) is 6.26. The first-order valence-corrected chi connectivity index (χ1v) is 10.4. The van der Waals surface area contributed by atoms with Crippen LogP contribution in [0.4, 0.5) is 0 Å². The van der Waals surface area contributed by atoms with Gasteiger partial charge in [0.15, 0.2) is 0 Å². The van der Waals surface area contributed by atoms with E-state index in [4.69, 9.17) is 4.74 Å². The summed E-state index contributed by atoms with van der Waals surface area (Å²) in [5, 5.41) is 2.82. The van der Waals surface area contributed by atoms with Crippen molar-refractivity contribution in [2.75, 3.05) is 13.7 Å². The summed E-state index contributed by atoms with van der Waals surface area (Å²) in [6, 6.07) is 13.9. The number of carbonyl (C=O) groups is 1. The largest absolute Gasteiger partial charge is 0.380 e. The predicted octanol–water partition coefficient (Wildman–Crippen LogP) is 2.45. The number of methoxy groups -OCH3 is 1. The summed E-state index contributed by atoms with van der Waals surface area (Å²) in [4.78, 5) is 12.5. The van der Waals surface area contributed by atoms with Crippen LogP contribution in [0.3, 0.4) is 0 Å². The van der Waals surface area contributed by atoms with Crippen LogP contribution < -0.4 is 10.0 Å². The molecule has 144 valence electrons. The Morgan fingerprint density at radius 3 is 2.48 bits per heavy atom. The minimum atomic E-state index is -3.59. The molecule has 2 N–H and O–H groups in total. The summed E-state index contributed by atoms with van der Waals surface area (Å²) in [6.07, 6.45) is 2.13. The predicted molar refractivity (Wildman–Crippen MR) is 103 cm³/mol. The lowest BCUT2D eigenvalue weighted by Gasteiger charge is -2.09. The van der Waals surface area contributed by atoms with E-state index >= 15 is 0 Å². The molecule has 0 aliphatic heterocycles. The molecule has 1 aliphatic carbocycles. The highest BCUT2D eigenvalue weighted by atomic mass is 32.2. The fraction of sp³-hybridized carbons (Fsp3) is 0.350. The van der Waals surface area contributed by atoms with Crippen LogP contribution in [0.25, 0.3) is 0 Å². The van der Waals surface area contributed by atoms with Gasteiger partial charge in [-0.1, -0.05) is 30.3 Å². The van der Waals surface area contributed by atoms with Gasteiger partial charge in [-0.2, -0.15) is 0 Å². The number of benzene rings is 2. The molecule has 0 radical (unpaired) electrons. The summed E-state index contributed by atoms with van der Waals surface area (Å²) in [7, 11) is -1.95. The molecule has 1 aliphatic rings. The first-order chi connectivity index (χ1) is 13.0. The summed E-state index contributed by atoms with van der Waals surface area (Å²) in [6.45, 7) is 1.36. The Labute approximate surface area is 160 Å². The topological polar surface area (TPSA) is 84.5 Å². The van der Waals surface area contributed by atoms with Crippen LogP contribution in [0.5, 0.6) is 0 Å². The monoisotopic (exact) mass is 388 g/mol. The van der Waals surface area contributed by atoms with E-state index in [0.29, 0.717) is 31.2 Å². The van der Waals surface area contributed by atoms with Crippen LogP contribution >= 0.6 is 0 Å². The molecule has 2 aromatic carbocycles. The number of ether oxygens (including phenoxy) is 1. The fourth-order valence-corrected chi connectivity index (χ4v) is 3.80. The van der Waals surface area contributed by atoms with E-state index < -0.39 is 10.0 Å². The van der Waals surface area contributed by atoms with Crippen molar-refractivity contribution in [2.24, 2.45) is 5.92 Å². The highest BCUT2D eigenvalue weighted by molar-refractivity contribution is 7.89. The Balaban J connectivity index is 1.60. The van der Waals surface area contributed by atoms with Gasteiger partial charge in [0.2, 0.25) is 10.0 Å².